The Morgan fingerprint density at radius 3 is 2.60 bits per heavy atom. The van der Waals surface area contributed by atoms with Crippen LogP contribution in [0.15, 0.2) is 59.7 Å². The molecule has 0 amide bonds. The van der Waals surface area contributed by atoms with E-state index in [1.54, 1.807) is 0 Å². The zero-order chi connectivity index (χ0) is 23.6. The molecule has 1 aliphatic carbocycles. The predicted molar refractivity (Wildman–Crippen MR) is 140 cm³/mol. The first-order valence-electron chi connectivity index (χ1n) is 12.6. The number of piperazine rings is 1. The summed E-state index contributed by atoms with van der Waals surface area (Å²) in [6.45, 7) is 4.07. The van der Waals surface area contributed by atoms with Gasteiger partial charge >= 0.3 is 0 Å². The van der Waals surface area contributed by atoms with E-state index < -0.39 is 0 Å². The summed E-state index contributed by atoms with van der Waals surface area (Å²) in [4.78, 5) is 28.6. The third-order valence-electron chi connectivity index (χ3n) is 7.19. The van der Waals surface area contributed by atoms with Crippen molar-refractivity contribution < 1.29 is 0 Å². The minimum atomic E-state index is 0.0593. The highest BCUT2D eigenvalue weighted by molar-refractivity contribution is 5.77. The molecule has 0 unspecified atom stereocenters. The monoisotopic (exact) mass is 469 g/mol. The van der Waals surface area contributed by atoms with Gasteiger partial charge in [0.2, 0.25) is 5.95 Å². The number of nitrogens with one attached hydrogen (secondary N) is 3. The van der Waals surface area contributed by atoms with Gasteiger partial charge in [0, 0.05) is 79.1 Å². The van der Waals surface area contributed by atoms with Crippen LogP contribution in [0, 0.1) is 0 Å². The van der Waals surface area contributed by atoms with Crippen LogP contribution in [0.3, 0.4) is 0 Å². The quantitative estimate of drug-likeness (QED) is 0.396. The Hall–Kier alpha value is -3.65. The van der Waals surface area contributed by atoms with Crippen molar-refractivity contribution in [3.8, 4) is 0 Å². The average Bonchev–Trinajstić information content (AvgIpc) is 3.61. The lowest BCUT2D eigenvalue weighted by atomic mass is 10.1. The number of H-pyrrole nitrogens is 1. The molecule has 2 aliphatic rings. The van der Waals surface area contributed by atoms with Crippen LogP contribution in [0.25, 0.3) is 11.0 Å². The molecule has 1 aromatic carbocycles. The number of nitrogens with zero attached hydrogens (tertiary/aromatic N) is 4. The van der Waals surface area contributed by atoms with Gasteiger partial charge in [0.05, 0.1) is 0 Å². The largest absolute Gasteiger partial charge is 0.369 e. The van der Waals surface area contributed by atoms with Gasteiger partial charge in [0.1, 0.15) is 5.65 Å². The Labute approximate surface area is 204 Å². The van der Waals surface area contributed by atoms with Crippen molar-refractivity contribution in [2.45, 2.75) is 38.1 Å². The number of benzene rings is 1. The molecule has 0 radical (unpaired) electrons. The smallest absolute Gasteiger partial charge is 0.256 e. The Balaban J connectivity index is 1.32. The summed E-state index contributed by atoms with van der Waals surface area (Å²) >= 11 is 0. The van der Waals surface area contributed by atoms with Crippen LogP contribution in [0.5, 0.6) is 0 Å². The predicted octanol–water partition coefficient (Wildman–Crippen LogP) is 3.98. The van der Waals surface area contributed by atoms with Gasteiger partial charge in [0.15, 0.2) is 0 Å². The highest BCUT2D eigenvalue weighted by atomic mass is 16.1. The first-order chi connectivity index (χ1) is 17.2. The standard InChI is InChI=1S/C27H31N7O/c35-26-19(17-22-4-3-11-29-22)16-20-18-30-27(32-25(20)34(26)24-5-1-2-6-24)31-21-7-9-23(10-8-21)33-14-12-28-13-15-33/h3-4,7-11,16,18,24,28-29H,1-2,5-6,12-15,17H2,(H,30,31,32). The van der Waals surface area contributed by atoms with Crippen LogP contribution in [0.2, 0.25) is 0 Å². The van der Waals surface area contributed by atoms with Crippen molar-refractivity contribution in [1.29, 1.82) is 0 Å². The van der Waals surface area contributed by atoms with Crippen molar-refractivity contribution in [3.63, 3.8) is 0 Å². The molecule has 0 spiro atoms. The summed E-state index contributed by atoms with van der Waals surface area (Å²) in [5.41, 5.74) is 4.74. The molecule has 8 nitrogen and oxygen atoms in total. The number of anilines is 3. The first-order valence-corrected chi connectivity index (χ1v) is 12.6. The lowest BCUT2D eigenvalue weighted by molar-refractivity contribution is 0.513. The van der Waals surface area contributed by atoms with Gasteiger partial charge in [-0.25, -0.2) is 4.98 Å². The molecule has 4 heterocycles. The number of aromatic nitrogens is 4. The molecule has 180 valence electrons. The Kier molecular flexibility index (Phi) is 5.96. The van der Waals surface area contributed by atoms with Gasteiger partial charge in [-0.2, -0.15) is 4.98 Å². The van der Waals surface area contributed by atoms with E-state index in [2.05, 4.69) is 49.8 Å². The fraction of sp³-hybridized carbons (Fsp3) is 0.370. The van der Waals surface area contributed by atoms with E-state index in [4.69, 9.17) is 4.98 Å². The summed E-state index contributed by atoms with van der Waals surface area (Å²) in [5, 5.41) is 7.63. The van der Waals surface area contributed by atoms with Gasteiger partial charge < -0.3 is 20.5 Å². The average molecular weight is 470 g/mol. The number of hydrogen-bond donors (Lipinski definition) is 3. The molecular formula is C27H31N7O. The summed E-state index contributed by atoms with van der Waals surface area (Å²) in [6.07, 6.45) is 8.63. The Morgan fingerprint density at radius 1 is 1.06 bits per heavy atom. The highest BCUT2D eigenvalue weighted by Crippen LogP contribution is 2.31. The third kappa shape index (κ3) is 4.53. The molecule has 35 heavy (non-hydrogen) atoms. The second-order valence-electron chi connectivity index (χ2n) is 9.54. The molecule has 4 aromatic rings. The maximum absolute atomic E-state index is 13.6. The molecule has 6 rings (SSSR count). The van der Waals surface area contributed by atoms with Crippen LogP contribution in [0.4, 0.5) is 17.3 Å². The molecule has 1 saturated carbocycles. The molecule has 0 bridgehead atoms. The van der Waals surface area contributed by atoms with Crippen LogP contribution in [0.1, 0.15) is 43.0 Å². The SMILES string of the molecule is O=c1c(Cc2ccc[nH]2)cc2cnc(Nc3ccc(N4CCNCC4)cc3)nc2n1C1CCCC1. The second-order valence-corrected chi connectivity index (χ2v) is 9.54. The Bertz CT molecular complexity index is 1350. The Morgan fingerprint density at radius 2 is 1.86 bits per heavy atom. The molecule has 3 aromatic heterocycles. The summed E-state index contributed by atoms with van der Waals surface area (Å²) in [7, 11) is 0. The zero-order valence-electron chi connectivity index (χ0n) is 19.8. The van der Waals surface area contributed by atoms with E-state index >= 15 is 0 Å². The number of pyridine rings is 1. The second kappa shape index (κ2) is 9.54. The maximum Gasteiger partial charge on any atom is 0.256 e. The van der Waals surface area contributed by atoms with Gasteiger partial charge in [-0.3, -0.25) is 9.36 Å². The number of rotatable bonds is 6. The van der Waals surface area contributed by atoms with Crippen molar-refractivity contribution in [2.75, 3.05) is 36.4 Å². The van der Waals surface area contributed by atoms with E-state index in [9.17, 15) is 4.79 Å². The molecule has 2 fully saturated rings. The normalized spacial score (nSPS) is 16.7. The van der Waals surface area contributed by atoms with Crippen LogP contribution >= 0.6 is 0 Å². The first kappa shape index (κ1) is 21.9. The van der Waals surface area contributed by atoms with Crippen LogP contribution in [-0.4, -0.2) is 45.7 Å². The van der Waals surface area contributed by atoms with Gasteiger partial charge in [-0.1, -0.05) is 12.8 Å². The lowest BCUT2D eigenvalue weighted by Crippen LogP contribution is -2.43. The summed E-state index contributed by atoms with van der Waals surface area (Å²) in [6, 6.07) is 14.5. The van der Waals surface area contributed by atoms with E-state index in [1.165, 1.54) is 5.69 Å². The van der Waals surface area contributed by atoms with Gasteiger partial charge in [0.25, 0.3) is 5.56 Å². The number of fused-ring (bicyclic) bond motifs is 1. The number of aromatic amines is 1. The number of hydrogen-bond acceptors (Lipinski definition) is 6. The third-order valence-corrected chi connectivity index (χ3v) is 7.19. The minimum Gasteiger partial charge on any atom is -0.369 e. The van der Waals surface area contributed by atoms with Crippen molar-refractivity contribution in [3.05, 3.63) is 76.5 Å². The zero-order valence-corrected chi connectivity index (χ0v) is 19.8. The van der Waals surface area contributed by atoms with Gasteiger partial charge in [-0.05, 0) is 55.3 Å². The van der Waals surface area contributed by atoms with Crippen molar-refractivity contribution >= 4 is 28.4 Å². The summed E-state index contributed by atoms with van der Waals surface area (Å²) in [5.74, 6) is 0.510. The fourth-order valence-corrected chi connectivity index (χ4v) is 5.36. The fourth-order valence-electron chi connectivity index (χ4n) is 5.36. The molecule has 1 aliphatic heterocycles. The molecular weight excluding hydrogens is 438 g/mol. The van der Waals surface area contributed by atoms with E-state index in [-0.39, 0.29) is 11.6 Å². The highest BCUT2D eigenvalue weighted by Gasteiger charge is 2.23. The van der Waals surface area contributed by atoms with Crippen LogP contribution < -0.4 is 21.1 Å². The van der Waals surface area contributed by atoms with Crippen LogP contribution in [-0.2, 0) is 6.42 Å². The molecule has 8 heteroatoms. The topological polar surface area (TPSA) is 90.9 Å². The lowest BCUT2D eigenvalue weighted by Gasteiger charge is -2.29. The van der Waals surface area contributed by atoms with Crippen molar-refractivity contribution in [2.24, 2.45) is 0 Å². The molecule has 3 N–H and O–H groups in total. The van der Waals surface area contributed by atoms with Crippen molar-refractivity contribution in [1.82, 2.24) is 24.8 Å². The van der Waals surface area contributed by atoms with E-state index in [1.807, 2.05) is 35.2 Å². The minimum absolute atomic E-state index is 0.0593. The maximum atomic E-state index is 13.6. The summed E-state index contributed by atoms with van der Waals surface area (Å²) < 4.78 is 1.93. The van der Waals surface area contributed by atoms with E-state index in [0.717, 1.165) is 74.2 Å². The van der Waals surface area contributed by atoms with Gasteiger partial charge in [-0.15, -0.1) is 0 Å². The van der Waals surface area contributed by atoms with E-state index in [0.29, 0.717) is 18.0 Å². The molecule has 0 atom stereocenters. The molecule has 1 saturated heterocycles.